The molecule has 0 bridgehead atoms. The van der Waals surface area contributed by atoms with Crippen molar-refractivity contribution in [1.29, 1.82) is 0 Å². The minimum atomic E-state index is -0.441. The van der Waals surface area contributed by atoms with E-state index in [1.54, 1.807) is 35.2 Å². The zero-order valence-electron chi connectivity index (χ0n) is 15.8. The normalized spacial score (nSPS) is 18.7. The fourth-order valence-corrected chi connectivity index (χ4v) is 4.33. The fraction of sp³-hybridized carbons (Fsp3) is 0.286. The lowest BCUT2D eigenvalue weighted by Gasteiger charge is -2.27. The van der Waals surface area contributed by atoms with Gasteiger partial charge in [-0.15, -0.1) is 0 Å². The second-order valence-corrected chi connectivity index (χ2v) is 8.02. The molecule has 0 aliphatic carbocycles. The predicted molar refractivity (Wildman–Crippen MR) is 111 cm³/mol. The minimum Gasteiger partial charge on any atom is -0.508 e. The number of rotatable bonds is 4. The van der Waals surface area contributed by atoms with Crippen molar-refractivity contribution < 1.29 is 19.5 Å². The summed E-state index contributed by atoms with van der Waals surface area (Å²) in [5.74, 6) is -0.452. The van der Waals surface area contributed by atoms with E-state index in [1.165, 1.54) is 0 Å². The molecule has 1 N–H and O–H groups in total. The lowest BCUT2D eigenvalue weighted by Crippen LogP contribution is -2.44. The molecule has 29 heavy (non-hydrogen) atoms. The van der Waals surface area contributed by atoms with Gasteiger partial charge in [0.1, 0.15) is 12.3 Å². The van der Waals surface area contributed by atoms with Gasteiger partial charge < -0.3 is 14.6 Å². The molecule has 0 radical (unpaired) electrons. The van der Waals surface area contributed by atoms with Crippen LogP contribution in [-0.2, 0) is 9.59 Å². The average molecular weight is 411 g/mol. The van der Waals surface area contributed by atoms with Gasteiger partial charge in [-0.25, -0.2) is 0 Å². The first-order valence-corrected chi connectivity index (χ1v) is 10.3. The van der Waals surface area contributed by atoms with Crippen LogP contribution in [0.1, 0.15) is 25.0 Å². The summed E-state index contributed by atoms with van der Waals surface area (Å²) in [7, 11) is 0. The molecular formula is C21H21N3O4S. The van der Waals surface area contributed by atoms with Crippen LogP contribution in [0.2, 0.25) is 0 Å². The summed E-state index contributed by atoms with van der Waals surface area (Å²) in [5.41, 5.74) is 1.54. The molecule has 0 atom stereocenters. The van der Waals surface area contributed by atoms with Gasteiger partial charge in [-0.05, 0) is 73.5 Å². The first kappa shape index (κ1) is 19.3. The van der Waals surface area contributed by atoms with Crippen LogP contribution >= 0.6 is 11.8 Å². The summed E-state index contributed by atoms with van der Waals surface area (Å²) in [6.45, 7) is 1.16. The van der Waals surface area contributed by atoms with E-state index < -0.39 is 11.1 Å². The Bertz CT molecular complexity index is 974. The van der Waals surface area contributed by atoms with Gasteiger partial charge in [-0.3, -0.25) is 19.3 Å². The monoisotopic (exact) mass is 411 g/mol. The molecule has 7 nitrogen and oxygen atoms in total. The van der Waals surface area contributed by atoms with Crippen LogP contribution in [0.5, 0.6) is 5.75 Å². The summed E-state index contributed by atoms with van der Waals surface area (Å²) in [5, 5.41) is 9.05. The second kappa shape index (κ2) is 8.16. The number of piperidine rings is 1. The van der Waals surface area contributed by atoms with Crippen LogP contribution < -0.4 is 0 Å². The van der Waals surface area contributed by atoms with Crippen LogP contribution in [0.25, 0.3) is 11.8 Å². The smallest absolute Gasteiger partial charge is 0.294 e. The standard InChI is InChI=1S/C21H21N3O4S/c25-17-8-6-15(7-9-17)23-12-4-5-16(23)13-18-20(27)24(21(28)29-18)14-19(26)22-10-2-1-3-11-22/h4-9,12-13,25H,1-3,10-11,14H2/b18-13-. The Kier molecular flexibility index (Phi) is 5.44. The third-order valence-corrected chi connectivity index (χ3v) is 5.97. The first-order valence-electron chi connectivity index (χ1n) is 9.53. The summed E-state index contributed by atoms with van der Waals surface area (Å²) < 4.78 is 1.85. The van der Waals surface area contributed by atoms with Gasteiger partial charge in [0.15, 0.2) is 0 Å². The minimum absolute atomic E-state index is 0.168. The lowest BCUT2D eigenvalue weighted by atomic mass is 10.1. The molecule has 3 heterocycles. The zero-order chi connectivity index (χ0) is 20.4. The van der Waals surface area contributed by atoms with Gasteiger partial charge >= 0.3 is 0 Å². The molecule has 3 amide bonds. The Morgan fingerprint density at radius 1 is 1.07 bits per heavy atom. The van der Waals surface area contributed by atoms with Gasteiger partial charge in [0.25, 0.3) is 11.1 Å². The molecule has 0 unspecified atom stereocenters. The predicted octanol–water partition coefficient (Wildman–Crippen LogP) is 3.23. The molecule has 2 aliphatic heterocycles. The van der Waals surface area contributed by atoms with Gasteiger partial charge in [0.05, 0.1) is 4.91 Å². The molecular weight excluding hydrogens is 390 g/mol. The average Bonchev–Trinajstić information content (AvgIpc) is 3.29. The molecule has 0 spiro atoms. The lowest BCUT2D eigenvalue weighted by molar-refractivity contribution is -0.136. The van der Waals surface area contributed by atoms with E-state index in [2.05, 4.69) is 0 Å². The van der Waals surface area contributed by atoms with Gasteiger partial charge in [0, 0.05) is 30.7 Å². The molecule has 2 saturated heterocycles. The van der Waals surface area contributed by atoms with Crippen molar-refractivity contribution in [3.63, 3.8) is 0 Å². The molecule has 4 rings (SSSR count). The van der Waals surface area contributed by atoms with Crippen molar-refractivity contribution in [2.24, 2.45) is 0 Å². The molecule has 8 heteroatoms. The Labute approximate surface area is 172 Å². The summed E-state index contributed by atoms with van der Waals surface area (Å²) in [6, 6.07) is 10.4. The van der Waals surface area contributed by atoms with Crippen molar-refractivity contribution in [2.75, 3.05) is 19.6 Å². The third-order valence-electron chi connectivity index (χ3n) is 5.06. The Balaban J connectivity index is 1.52. The van der Waals surface area contributed by atoms with Crippen molar-refractivity contribution in [3.05, 3.63) is 53.2 Å². The molecule has 2 aromatic rings. The molecule has 2 fully saturated rings. The Morgan fingerprint density at radius 3 is 2.52 bits per heavy atom. The van der Waals surface area contributed by atoms with Gasteiger partial charge in [-0.2, -0.15) is 0 Å². The maximum Gasteiger partial charge on any atom is 0.294 e. The number of carbonyl (C=O) groups is 3. The summed E-state index contributed by atoms with van der Waals surface area (Å²) >= 11 is 0.849. The second-order valence-electron chi connectivity index (χ2n) is 7.03. The number of hydrogen-bond donors (Lipinski definition) is 1. The number of carbonyl (C=O) groups excluding carboxylic acids is 3. The van der Waals surface area contributed by atoms with Crippen molar-refractivity contribution in [1.82, 2.24) is 14.4 Å². The van der Waals surface area contributed by atoms with E-state index in [-0.39, 0.29) is 18.2 Å². The number of aromatic hydroxyl groups is 1. The third kappa shape index (κ3) is 4.07. The van der Waals surface area contributed by atoms with Crippen molar-refractivity contribution in [2.45, 2.75) is 19.3 Å². The SMILES string of the molecule is O=C(CN1C(=O)S/C(=C\c2cccn2-c2ccc(O)cc2)C1=O)N1CCCCC1. The van der Waals surface area contributed by atoms with Crippen LogP contribution in [0.15, 0.2) is 47.5 Å². The van der Waals surface area contributed by atoms with Gasteiger partial charge in [-0.1, -0.05) is 0 Å². The first-order chi connectivity index (χ1) is 14.0. The van der Waals surface area contributed by atoms with Crippen molar-refractivity contribution >= 4 is 34.9 Å². The van der Waals surface area contributed by atoms with Crippen LogP contribution in [0, 0.1) is 0 Å². The molecule has 1 aromatic carbocycles. The number of hydrogen-bond acceptors (Lipinski definition) is 5. The number of phenolic OH excluding ortho intramolecular Hbond substituents is 1. The molecule has 150 valence electrons. The Morgan fingerprint density at radius 2 is 1.79 bits per heavy atom. The number of amides is 3. The summed E-state index contributed by atoms with van der Waals surface area (Å²) in [4.78, 5) is 40.6. The Hall–Kier alpha value is -3.00. The van der Waals surface area contributed by atoms with E-state index in [4.69, 9.17) is 0 Å². The topological polar surface area (TPSA) is 82.9 Å². The maximum atomic E-state index is 12.8. The maximum absolute atomic E-state index is 12.8. The van der Waals surface area contributed by atoms with Crippen molar-refractivity contribution in [3.8, 4) is 11.4 Å². The highest BCUT2D eigenvalue weighted by Gasteiger charge is 2.37. The largest absolute Gasteiger partial charge is 0.508 e. The van der Waals surface area contributed by atoms with E-state index in [0.29, 0.717) is 18.0 Å². The highest BCUT2D eigenvalue weighted by Crippen LogP contribution is 2.32. The number of likely N-dealkylation sites (tertiary alicyclic amines) is 1. The molecule has 0 saturated carbocycles. The quantitative estimate of drug-likeness (QED) is 0.781. The number of benzene rings is 1. The van der Waals surface area contributed by atoms with Gasteiger partial charge in [0.2, 0.25) is 5.91 Å². The van der Waals surface area contributed by atoms with E-state index in [1.807, 2.05) is 22.9 Å². The number of aromatic nitrogens is 1. The number of thioether (sulfide) groups is 1. The highest BCUT2D eigenvalue weighted by atomic mass is 32.2. The van der Waals surface area contributed by atoms with Crippen LogP contribution in [0.3, 0.4) is 0 Å². The summed E-state index contributed by atoms with van der Waals surface area (Å²) in [6.07, 6.45) is 6.52. The zero-order valence-corrected chi connectivity index (χ0v) is 16.6. The number of phenols is 1. The molecule has 1 aromatic heterocycles. The van der Waals surface area contributed by atoms with Crippen LogP contribution in [-0.4, -0.2) is 56.2 Å². The fourth-order valence-electron chi connectivity index (χ4n) is 3.51. The highest BCUT2D eigenvalue weighted by molar-refractivity contribution is 8.18. The van der Waals surface area contributed by atoms with E-state index in [9.17, 15) is 19.5 Å². The number of imide groups is 1. The molecule has 2 aliphatic rings. The van der Waals surface area contributed by atoms with E-state index >= 15 is 0 Å². The van der Waals surface area contributed by atoms with E-state index in [0.717, 1.165) is 47.3 Å². The number of nitrogens with zero attached hydrogens (tertiary/aromatic N) is 3. The van der Waals surface area contributed by atoms with Crippen LogP contribution in [0.4, 0.5) is 4.79 Å².